The Morgan fingerprint density at radius 2 is 1.90 bits per heavy atom. The standard InChI is InChI=1S/C15H17N5/c1-20-14(6-9-18-20)11-16-10-12-2-4-13(5-3-12)15-7-8-17-19-15/h2-9,16H,10-11H2,1H3,(H,17,19). The number of nitrogens with one attached hydrogen (secondary N) is 2. The summed E-state index contributed by atoms with van der Waals surface area (Å²) < 4.78 is 1.88. The number of hydrogen-bond donors (Lipinski definition) is 2. The Labute approximate surface area is 117 Å². The predicted molar refractivity (Wildman–Crippen MR) is 77.8 cm³/mol. The molecule has 0 radical (unpaired) electrons. The number of aromatic amines is 1. The molecule has 20 heavy (non-hydrogen) atoms. The van der Waals surface area contributed by atoms with Crippen LogP contribution in [0.25, 0.3) is 11.3 Å². The Bertz CT molecular complexity index is 652. The van der Waals surface area contributed by atoms with E-state index in [-0.39, 0.29) is 0 Å². The van der Waals surface area contributed by atoms with Crippen molar-refractivity contribution in [3.05, 3.63) is 60.0 Å². The summed E-state index contributed by atoms with van der Waals surface area (Å²) in [5, 5.41) is 14.5. The highest BCUT2D eigenvalue weighted by molar-refractivity contribution is 5.58. The summed E-state index contributed by atoms with van der Waals surface area (Å²) in [7, 11) is 1.95. The van der Waals surface area contributed by atoms with Crippen LogP contribution in [-0.4, -0.2) is 20.0 Å². The maximum atomic E-state index is 4.15. The van der Waals surface area contributed by atoms with E-state index in [1.165, 1.54) is 11.3 Å². The van der Waals surface area contributed by atoms with E-state index in [4.69, 9.17) is 0 Å². The third-order valence-electron chi connectivity index (χ3n) is 3.32. The van der Waals surface area contributed by atoms with Crippen molar-refractivity contribution >= 4 is 0 Å². The van der Waals surface area contributed by atoms with E-state index in [0.29, 0.717) is 0 Å². The van der Waals surface area contributed by atoms with Crippen LogP contribution in [0.3, 0.4) is 0 Å². The van der Waals surface area contributed by atoms with Gasteiger partial charge in [-0.05, 0) is 23.3 Å². The predicted octanol–water partition coefficient (Wildman–Crippen LogP) is 2.10. The van der Waals surface area contributed by atoms with Gasteiger partial charge in [-0.3, -0.25) is 9.78 Å². The third kappa shape index (κ3) is 2.78. The quantitative estimate of drug-likeness (QED) is 0.744. The molecule has 2 heterocycles. The van der Waals surface area contributed by atoms with E-state index in [1.54, 1.807) is 6.20 Å². The van der Waals surface area contributed by atoms with E-state index < -0.39 is 0 Å². The second-order valence-electron chi connectivity index (χ2n) is 4.72. The summed E-state index contributed by atoms with van der Waals surface area (Å²) in [4.78, 5) is 0. The van der Waals surface area contributed by atoms with Gasteiger partial charge in [-0.1, -0.05) is 24.3 Å². The van der Waals surface area contributed by atoms with Gasteiger partial charge in [0.25, 0.3) is 0 Å². The number of benzene rings is 1. The number of nitrogens with zero attached hydrogens (tertiary/aromatic N) is 3. The molecule has 0 atom stereocenters. The summed E-state index contributed by atoms with van der Waals surface area (Å²) in [5.74, 6) is 0. The Hall–Kier alpha value is -2.40. The highest BCUT2D eigenvalue weighted by Crippen LogP contribution is 2.16. The third-order valence-corrected chi connectivity index (χ3v) is 3.32. The molecule has 0 bridgehead atoms. The first-order valence-electron chi connectivity index (χ1n) is 6.59. The molecule has 5 nitrogen and oxygen atoms in total. The fourth-order valence-corrected chi connectivity index (χ4v) is 2.13. The molecule has 0 saturated heterocycles. The Morgan fingerprint density at radius 3 is 2.55 bits per heavy atom. The first kappa shape index (κ1) is 12.6. The molecule has 0 aliphatic carbocycles. The normalized spacial score (nSPS) is 10.8. The summed E-state index contributed by atoms with van der Waals surface area (Å²) in [6, 6.07) is 12.5. The lowest BCUT2D eigenvalue weighted by molar-refractivity contribution is 0.626. The lowest BCUT2D eigenvalue weighted by atomic mass is 10.1. The van der Waals surface area contributed by atoms with Gasteiger partial charge in [-0.15, -0.1) is 0 Å². The van der Waals surface area contributed by atoms with Crippen molar-refractivity contribution in [2.45, 2.75) is 13.1 Å². The van der Waals surface area contributed by atoms with Crippen LogP contribution in [0, 0.1) is 0 Å². The van der Waals surface area contributed by atoms with Crippen LogP contribution >= 0.6 is 0 Å². The molecule has 2 N–H and O–H groups in total. The van der Waals surface area contributed by atoms with Gasteiger partial charge in [0.2, 0.25) is 0 Å². The van der Waals surface area contributed by atoms with Crippen molar-refractivity contribution in [3.8, 4) is 11.3 Å². The number of aryl methyl sites for hydroxylation is 1. The van der Waals surface area contributed by atoms with Gasteiger partial charge in [-0.2, -0.15) is 10.2 Å². The Morgan fingerprint density at radius 1 is 1.05 bits per heavy atom. The van der Waals surface area contributed by atoms with Crippen LogP contribution in [0.4, 0.5) is 0 Å². The van der Waals surface area contributed by atoms with E-state index in [9.17, 15) is 0 Å². The van der Waals surface area contributed by atoms with Crippen molar-refractivity contribution in [1.29, 1.82) is 0 Å². The van der Waals surface area contributed by atoms with Gasteiger partial charge in [-0.25, -0.2) is 0 Å². The zero-order chi connectivity index (χ0) is 13.8. The van der Waals surface area contributed by atoms with E-state index in [1.807, 2.05) is 30.1 Å². The summed E-state index contributed by atoms with van der Waals surface area (Å²) in [5.41, 5.74) is 4.63. The summed E-state index contributed by atoms with van der Waals surface area (Å²) in [6.07, 6.45) is 3.58. The van der Waals surface area contributed by atoms with Gasteiger partial charge < -0.3 is 5.32 Å². The first-order chi connectivity index (χ1) is 9.83. The van der Waals surface area contributed by atoms with Gasteiger partial charge in [0.15, 0.2) is 0 Å². The fraction of sp³-hybridized carbons (Fsp3) is 0.200. The highest BCUT2D eigenvalue weighted by atomic mass is 15.3. The molecule has 0 spiro atoms. The minimum absolute atomic E-state index is 0.818. The van der Waals surface area contributed by atoms with Crippen molar-refractivity contribution in [1.82, 2.24) is 25.3 Å². The smallest absolute Gasteiger partial charge is 0.0650 e. The Kier molecular flexibility index (Phi) is 3.60. The molecule has 3 aromatic rings. The molecule has 0 saturated carbocycles. The molecule has 0 aliphatic rings. The largest absolute Gasteiger partial charge is 0.307 e. The second-order valence-corrected chi connectivity index (χ2v) is 4.72. The molecule has 0 aliphatic heterocycles. The molecule has 0 fully saturated rings. The molecule has 5 heteroatoms. The minimum Gasteiger partial charge on any atom is -0.307 e. The summed E-state index contributed by atoms with van der Waals surface area (Å²) in [6.45, 7) is 1.66. The van der Waals surface area contributed by atoms with Crippen molar-refractivity contribution in [3.63, 3.8) is 0 Å². The average Bonchev–Trinajstić information content (AvgIpc) is 3.12. The number of H-pyrrole nitrogens is 1. The van der Waals surface area contributed by atoms with Crippen LogP contribution in [0.15, 0.2) is 48.8 Å². The lowest BCUT2D eigenvalue weighted by Crippen LogP contribution is -2.15. The van der Waals surface area contributed by atoms with Crippen LogP contribution in [-0.2, 0) is 20.1 Å². The molecular formula is C15H17N5. The zero-order valence-electron chi connectivity index (χ0n) is 11.4. The first-order valence-corrected chi connectivity index (χ1v) is 6.59. The van der Waals surface area contributed by atoms with Crippen molar-refractivity contribution in [2.24, 2.45) is 7.05 Å². The fourth-order valence-electron chi connectivity index (χ4n) is 2.13. The van der Waals surface area contributed by atoms with E-state index in [2.05, 4.69) is 44.9 Å². The SMILES string of the molecule is Cn1nccc1CNCc1ccc(-c2ccn[nH]2)cc1. The van der Waals surface area contributed by atoms with Gasteiger partial charge in [0.05, 0.1) is 11.4 Å². The van der Waals surface area contributed by atoms with Gasteiger partial charge in [0.1, 0.15) is 0 Å². The molecule has 2 aromatic heterocycles. The van der Waals surface area contributed by atoms with Crippen LogP contribution in [0.2, 0.25) is 0 Å². The number of rotatable bonds is 5. The highest BCUT2D eigenvalue weighted by Gasteiger charge is 2.00. The molecule has 1 aromatic carbocycles. The molecular weight excluding hydrogens is 250 g/mol. The van der Waals surface area contributed by atoms with Crippen molar-refractivity contribution < 1.29 is 0 Å². The Balaban J connectivity index is 1.57. The monoisotopic (exact) mass is 267 g/mol. The molecule has 0 unspecified atom stereocenters. The lowest BCUT2D eigenvalue weighted by Gasteiger charge is -2.06. The van der Waals surface area contributed by atoms with E-state index in [0.717, 1.165) is 24.3 Å². The molecule has 3 rings (SSSR count). The van der Waals surface area contributed by atoms with Crippen LogP contribution < -0.4 is 5.32 Å². The topological polar surface area (TPSA) is 58.5 Å². The maximum Gasteiger partial charge on any atom is 0.0650 e. The zero-order valence-corrected chi connectivity index (χ0v) is 11.4. The molecule has 102 valence electrons. The van der Waals surface area contributed by atoms with Crippen LogP contribution in [0.5, 0.6) is 0 Å². The number of aromatic nitrogens is 4. The van der Waals surface area contributed by atoms with Gasteiger partial charge >= 0.3 is 0 Å². The number of hydrogen-bond acceptors (Lipinski definition) is 3. The van der Waals surface area contributed by atoms with Crippen LogP contribution in [0.1, 0.15) is 11.3 Å². The van der Waals surface area contributed by atoms with Crippen molar-refractivity contribution in [2.75, 3.05) is 0 Å². The van der Waals surface area contributed by atoms with Gasteiger partial charge in [0, 0.05) is 32.5 Å². The molecule has 0 amide bonds. The van der Waals surface area contributed by atoms with E-state index >= 15 is 0 Å². The minimum atomic E-state index is 0.818. The second kappa shape index (κ2) is 5.71. The summed E-state index contributed by atoms with van der Waals surface area (Å²) >= 11 is 0. The maximum absolute atomic E-state index is 4.15. The average molecular weight is 267 g/mol.